The average Bonchev–Trinajstić information content (AvgIpc) is 2.33. The lowest BCUT2D eigenvalue weighted by atomic mass is 10.3. The van der Waals surface area contributed by atoms with Gasteiger partial charge in [-0.2, -0.15) is 0 Å². The molecule has 0 saturated heterocycles. The monoisotopic (exact) mass is 303 g/mol. The second kappa shape index (κ2) is 5.46. The number of pyridine rings is 1. The predicted octanol–water partition coefficient (Wildman–Crippen LogP) is 3.96. The van der Waals surface area contributed by atoms with Crippen LogP contribution in [0.3, 0.4) is 0 Å². The van der Waals surface area contributed by atoms with E-state index in [1.807, 2.05) is 0 Å². The van der Waals surface area contributed by atoms with Crippen LogP contribution >= 0.6 is 11.6 Å². The first kappa shape index (κ1) is 14.3. The number of hydrogen-bond donors (Lipinski definition) is 2. The Morgan fingerprint density at radius 2 is 1.85 bits per heavy atom. The third-order valence-corrected chi connectivity index (χ3v) is 2.50. The molecular weight excluding hydrogens is 295 g/mol. The van der Waals surface area contributed by atoms with Gasteiger partial charge in [-0.3, -0.25) is 0 Å². The van der Waals surface area contributed by atoms with Gasteiger partial charge in [-0.1, -0.05) is 11.6 Å². The first-order chi connectivity index (χ1) is 9.33. The molecule has 0 aliphatic carbocycles. The highest BCUT2D eigenvalue weighted by Gasteiger charge is 2.30. The normalized spacial score (nSPS) is 11.2. The number of benzene rings is 1. The van der Waals surface area contributed by atoms with E-state index in [2.05, 4.69) is 15.0 Å². The quantitative estimate of drug-likeness (QED) is 0.901. The molecule has 0 fully saturated rings. The van der Waals surface area contributed by atoms with Crippen LogP contribution in [-0.4, -0.2) is 11.3 Å². The van der Waals surface area contributed by atoms with E-state index in [0.717, 1.165) is 0 Å². The van der Waals surface area contributed by atoms with Gasteiger partial charge < -0.3 is 15.8 Å². The maximum atomic E-state index is 12.0. The van der Waals surface area contributed by atoms with Crippen LogP contribution in [0.15, 0.2) is 36.5 Å². The number of ether oxygens (including phenoxy) is 1. The molecule has 1 heterocycles. The van der Waals surface area contributed by atoms with E-state index >= 15 is 0 Å². The zero-order valence-electron chi connectivity index (χ0n) is 9.91. The van der Waals surface area contributed by atoms with Crippen LogP contribution in [0.25, 0.3) is 0 Å². The number of aromatic nitrogens is 1. The minimum Gasteiger partial charge on any atom is -0.406 e. The number of halogens is 4. The Kier molecular flexibility index (Phi) is 3.89. The van der Waals surface area contributed by atoms with Gasteiger partial charge in [0.1, 0.15) is 11.6 Å². The molecule has 1 aromatic heterocycles. The molecule has 0 aliphatic heterocycles. The van der Waals surface area contributed by atoms with Crippen LogP contribution in [-0.2, 0) is 0 Å². The van der Waals surface area contributed by atoms with E-state index in [1.54, 1.807) is 0 Å². The van der Waals surface area contributed by atoms with Crippen LogP contribution in [0, 0.1) is 0 Å². The Labute approximate surface area is 117 Å². The Balaban J connectivity index is 2.11. The second-order valence-electron chi connectivity index (χ2n) is 3.80. The summed E-state index contributed by atoms with van der Waals surface area (Å²) in [6.07, 6.45) is -3.30. The third kappa shape index (κ3) is 3.92. The number of alkyl halides is 3. The summed E-state index contributed by atoms with van der Waals surface area (Å²) in [5.74, 6) is 0.0461. The van der Waals surface area contributed by atoms with Crippen LogP contribution in [0.2, 0.25) is 5.02 Å². The van der Waals surface area contributed by atoms with E-state index < -0.39 is 6.36 Å². The fraction of sp³-hybridized carbons (Fsp3) is 0.0833. The van der Waals surface area contributed by atoms with Gasteiger partial charge in [0.15, 0.2) is 0 Å². The lowest BCUT2D eigenvalue weighted by Crippen LogP contribution is -2.16. The number of nitrogen functional groups attached to an aromatic ring is 1. The first-order valence-electron chi connectivity index (χ1n) is 5.37. The van der Waals surface area contributed by atoms with Gasteiger partial charge in [0.25, 0.3) is 0 Å². The molecule has 4 nitrogen and oxygen atoms in total. The lowest BCUT2D eigenvalue weighted by molar-refractivity contribution is -0.274. The van der Waals surface area contributed by atoms with Crippen molar-refractivity contribution in [3.05, 3.63) is 41.6 Å². The molecular formula is C12H9ClF3N3O. The smallest absolute Gasteiger partial charge is 0.406 e. The summed E-state index contributed by atoms with van der Waals surface area (Å²) in [4.78, 5) is 3.98. The second-order valence-corrected chi connectivity index (χ2v) is 4.20. The molecule has 0 atom stereocenters. The minimum atomic E-state index is -4.71. The molecule has 3 N–H and O–H groups in total. The molecule has 0 saturated carbocycles. The van der Waals surface area contributed by atoms with Crippen LogP contribution in [0.1, 0.15) is 0 Å². The molecule has 0 bridgehead atoms. The molecule has 20 heavy (non-hydrogen) atoms. The van der Waals surface area contributed by atoms with Crippen molar-refractivity contribution in [3.8, 4) is 5.75 Å². The van der Waals surface area contributed by atoms with Gasteiger partial charge in [-0.05, 0) is 30.3 Å². The summed E-state index contributed by atoms with van der Waals surface area (Å²) in [5, 5.41) is 3.16. The number of nitrogens with zero attached hydrogens (tertiary/aromatic N) is 1. The van der Waals surface area contributed by atoms with E-state index in [-0.39, 0.29) is 5.75 Å². The number of rotatable bonds is 3. The van der Waals surface area contributed by atoms with Gasteiger partial charge >= 0.3 is 6.36 Å². The van der Waals surface area contributed by atoms with Crippen LogP contribution in [0.5, 0.6) is 5.75 Å². The number of nitrogens with one attached hydrogen (secondary N) is 1. The average molecular weight is 304 g/mol. The Morgan fingerprint density at radius 1 is 1.20 bits per heavy atom. The zero-order valence-corrected chi connectivity index (χ0v) is 10.7. The summed E-state index contributed by atoms with van der Waals surface area (Å²) in [7, 11) is 0. The van der Waals surface area contributed by atoms with Gasteiger partial charge in [0.05, 0.1) is 16.9 Å². The van der Waals surface area contributed by atoms with Crippen molar-refractivity contribution >= 4 is 28.8 Å². The fourth-order valence-electron chi connectivity index (χ4n) is 1.42. The third-order valence-electron chi connectivity index (χ3n) is 2.21. The molecule has 0 aliphatic rings. The number of hydrogen-bond acceptors (Lipinski definition) is 4. The molecule has 8 heteroatoms. The molecule has 0 amide bonds. The maximum Gasteiger partial charge on any atom is 0.573 e. The fourth-order valence-corrected chi connectivity index (χ4v) is 1.64. The van der Waals surface area contributed by atoms with E-state index in [4.69, 9.17) is 17.3 Å². The Morgan fingerprint density at radius 3 is 2.40 bits per heavy atom. The summed E-state index contributed by atoms with van der Waals surface area (Å²) in [6, 6.07) is 6.70. The first-order valence-corrected chi connectivity index (χ1v) is 5.75. The maximum absolute atomic E-state index is 12.0. The predicted molar refractivity (Wildman–Crippen MR) is 70.1 cm³/mol. The molecule has 1 aromatic carbocycles. The summed E-state index contributed by atoms with van der Waals surface area (Å²) < 4.78 is 39.8. The van der Waals surface area contributed by atoms with Crippen molar-refractivity contribution in [2.75, 3.05) is 11.1 Å². The molecule has 106 valence electrons. The van der Waals surface area contributed by atoms with Crippen molar-refractivity contribution in [3.63, 3.8) is 0 Å². The largest absolute Gasteiger partial charge is 0.573 e. The lowest BCUT2D eigenvalue weighted by Gasteiger charge is -2.10. The zero-order chi connectivity index (χ0) is 14.8. The highest BCUT2D eigenvalue weighted by atomic mass is 35.5. The van der Waals surface area contributed by atoms with Gasteiger partial charge in [-0.25, -0.2) is 4.98 Å². The SMILES string of the molecule is Nc1cnc(Nc2ccc(OC(F)(F)F)cc2)c(Cl)c1. The van der Waals surface area contributed by atoms with Crippen molar-refractivity contribution in [1.29, 1.82) is 0 Å². The van der Waals surface area contributed by atoms with Gasteiger partial charge in [-0.15, -0.1) is 13.2 Å². The van der Waals surface area contributed by atoms with E-state index in [9.17, 15) is 13.2 Å². The molecule has 0 spiro atoms. The molecule has 0 unspecified atom stereocenters. The summed E-state index contributed by atoms with van der Waals surface area (Å²) in [5.41, 5.74) is 6.43. The van der Waals surface area contributed by atoms with Crippen molar-refractivity contribution in [2.24, 2.45) is 0 Å². The van der Waals surface area contributed by atoms with Crippen LogP contribution < -0.4 is 15.8 Å². The van der Waals surface area contributed by atoms with Crippen molar-refractivity contribution in [1.82, 2.24) is 4.98 Å². The molecule has 2 aromatic rings. The number of nitrogens with two attached hydrogens (primary N) is 1. The Hall–Kier alpha value is -2.15. The highest BCUT2D eigenvalue weighted by molar-refractivity contribution is 6.33. The molecule has 2 rings (SSSR count). The van der Waals surface area contributed by atoms with Gasteiger partial charge in [0, 0.05) is 5.69 Å². The van der Waals surface area contributed by atoms with Crippen molar-refractivity contribution < 1.29 is 17.9 Å². The van der Waals surface area contributed by atoms with E-state index in [1.165, 1.54) is 36.5 Å². The molecule has 0 radical (unpaired) electrons. The number of anilines is 3. The van der Waals surface area contributed by atoms with Crippen molar-refractivity contribution in [2.45, 2.75) is 6.36 Å². The Bertz CT molecular complexity index is 602. The highest BCUT2D eigenvalue weighted by Crippen LogP contribution is 2.27. The van der Waals surface area contributed by atoms with Crippen LogP contribution in [0.4, 0.5) is 30.4 Å². The minimum absolute atomic E-state index is 0.306. The van der Waals surface area contributed by atoms with E-state index in [0.29, 0.717) is 22.2 Å². The van der Waals surface area contributed by atoms with Gasteiger partial charge in [0.2, 0.25) is 0 Å². The topological polar surface area (TPSA) is 60.2 Å². The summed E-state index contributed by atoms with van der Waals surface area (Å²) in [6.45, 7) is 0. The standard InChI is InChI=1S/C12H9ClF3N3O/c13-10-5-7(17)6-18-11(10)19-8-1-3-9(4-2-8)20-12(14,15)16/h1-6H,17H2,(H,18,19). The summed E-state index contributed by atoms with van der Waals surface area (Å²) >= 11 is 5.92.